The van der Waals surface area contributed by atoms with Gasteiger partial charge in [-0.25, -0.2) is 0 Å². The highest BCUT2D eigenvalue weighted by Crippen LogP contribution is 2.34. The van der Waals surface area contributed by atoms with Crippen molar-refractivity contribution in [1.82, 2.24) is 14.8 Å². The number of aromatic amines is 1. The Hall–Kier alpha value is -1.94. The normalized spacial score (nSPS) is 25.8. The van der Waals surface area contributed by atoms with Gasteiger partial charge in [0, 0.05) is 43.1 Å². The number of hydrogen-bond acceptors (Lipinski definition) is 4. The number of fused-ring (bicyclic) bond motifs is 5. The van der Waals surface area contributed by atoms with Crippen molar-refractivity contribution in [1.29, 1.82) is 0 Å². The third-order valence-electron chi connectivity index (χ3n) is 5.05. The van der Waals surface area contributed by atoms with E-state index in [1.807, 2.05) is 30.1 Å². The number of para-hydroxylation sites is 1. The van der Waals surface area contributed by atoms with Crippen LogP contribution in [0.2, 0.25) is 0 Å². The van der Waals surface area contributed by atoms with E-state index in [0.29, 0.717) is 0 Å². The molecule has 0 spiro atoms. The van der Waals surface area contributed by atoms with E-state index in [-0.39, 0.29) is 11.4 Å². The number of H-pyrrole nitrogens is 1. The summed E-state index contributed by atoms with van der Waals surface area (Å²) >= 11 is 0. The fourth-order valence-corrected chi connectivity index (χ4v) is 3.63. The molecule has 2 bridgehead atoms. The maximum Gasteiger partial charge on any atom is 0.394 e. The van der Waals surface area contributed by atoms with Crippen molar-refractivity contribution in [2.45, 2.75) is 25.4 Å². The van der Waals surface area contributed by atoms with Crippen LogP contribution in [-0.2, 0) is 16.9 Å². The van der Waals surface area contributed by atoms with E-state index in [1.54, 1.807) is 0 Å². The van der Waals surface area contributed by atoms with E-state index in [2.05, 4.69) is 22.9 Å². The van der Waals surface area contributed by atoms with Crippen LogP contribution in [0.4, 0.5) is 0 Å². The van der Waals surface area contributed by atoms with E-state index >= 15 is 0 Å². The zero-order chi connectivity index (χ0) is 18.4. The average molecular weight is 367 g/mol. The molecule has 25 heavy (non-hydrogen) atoms. The largest absolute Gasteiger partial charge is 0.394 e. The molecule has 2 aliphatic heterocycles. The van der Waals surface area contributed by atoms with Crippen molar-refractivity contribution in [2.75, 3.05) is 20.1 Å². The molecule has 0 aliphatic carbocycles. The molecule has 1 aromatic heterocycles. The Labute approximate surface area is 146 Å². The molecule has 1 amide bonds. The quantitative estimate of drug-likeness (QED) is 0.609. The maximum absolute atomic E-state index is 12.8. The van der Waals surface area contributed by atoms with Crippen molar-refractivity contribution in [3.05, 3.63) is 35.5 Å². The Kier molecular flexibility index (Phi) is 4.36. The van der Waals surface area contributed by atoms with Crippen LogP contribution < -0.4 is 0 Å². The number of rotatable bonds is 0. The summed E-state index contributed by atoms with van der Waals surface area (Å²) in [5.74, 6) is 0.125. The first-order valence-corrected chi connectivity index (χ1v) is 9.28. The molecule has 8 nitrogen and oxygen atoms in total. The first kappa shape index (κ1) is 17.9. The van der Waals surface area contributed by atoms with Crippen LogP contribution in [0.3, 0.4) is 0 Å². The lowest BCUT2D eigenvalue weighted by Crippen LogP contribution is -2.50. The Balaban J connectivity index is 0.000000324. The molecule has 136 valence electrons. The van der Waals surface area contributed by atoms with Gasteiger partial charge in [0.2, 0.25) is 0 Å². The summed E-state index contributed by atoms with van der Waals surface area (Å²) in [6, 6.07) is 8.20. The summed E-state index contributed by atoms with van der Waals surface area (Å²) in [6.07, 6.45) is 1.05. The van der Waals surface area contributed by atoms with Gasteiger partial charge in [-0.05, 0) is 19.4 Å². The number of aromatic nitrogens is 1. The number of benzene rings is 1. The van der Waals surface area contributed by atoms with Crippen molar-refractivity contribution in [3.8, 4) is 0 Å². The fraction of sp³-hybridized carbons (Fsp3) is 0.438. The van der Waals surface area contributed by atoms with Crippen molar-refractivity contribution in [3.63, 3.8) is 0 Å². The van der Waals surface area contributed by atoms with E-state index in [4.69, 9.17) is 17.5 Å². The zero-order valence-electron chi connectivity index (χ0n) is 14.1. The van der Waals surface area contributed by atoms with Crippen molar-refractivity contribution >= 4 is 27.2 Å². The van der Waals surface area contributed by atoms with Gasteiger partial charge < -0.3 is 9.88 Å². The Morgan fingerprint density at radius 2 is 1.88 bits per heavy atom. The molecule has 0 saturated carbocycles. The van der Waals surface area contributed by atoms with Gasteiger partial charge in [-0.15, -0.1) is 0 Å². The Bertz CT molecular complexity index is 915. The summed E-state index contributed by atoms with van der Waals surface area (Å²) in [5, 5.41) is 1.18. The first-order chi connectivity index (χ1) is 11.6. The number of likely N-dealkylation sites (N-methyl/N-ethyl adjacent to an activating group) is 1. The van der Waals surface area contributed by atoms with E-state index < -0.39 is 10.4 Å². The van der Waals surface area contributed by atoms with Crippen LogP contribution in [0.15, 0.2) is 24.3 Å². The molecular formula is C16H21N3O5S. The molecule has 1 fully saturated rings. The van der Waals surface area contributed by atoms with Gasteiger partial charge in [0.05, 0.1) is 5.54 Å². The van der Waals surface area contributed by atoms with Gasteiger partial charge in [-0.1, -0.05) is 18.2 Å². The van der Waals surface area contributed by atoms with Gasteiger partial charge in [0.1, 0.15) is 5.69 Å². The van der Waals surface area contributed by atoms with E-state index in [1.165, 1.54) is 5.39 Å². The van der Waals surface area contributed by atoms with Crippen LogP contribution in [-0.4, -0.2) is 63.9 Å². The standard InChI is InChI=1S/C16H19N3O.H2O4S/c1-16-7-8-19(10-16)9-12-11-5-3-4-6-13(11)17-14(12)15(20)18(16)2;1-5(2,3)4/h3-6,17H,7-10H2,1-2H3;(H2,1,2,3,4). The second kappa shape index (κ2) is 6.10. The highest BCUT2D eigenvalue weighted by molar-refractivity contribution is 7.79. The summed E-state index contributed by atoms with van der Waals surface area (Å²) in [5.41, 5.74) is 2.95. The predicted octanol–water partition coefficient (Wildman–Crippen LogP) is 1.57. The highest BCUT2D eigenvalue weighted by Gasteiger charge is 2.42. The van der Waals surface area contributed by atoms with Crippen LogP contribution in [0, 0.1) is 0 Å². The van der Waals surface area contributed by atoms with Gasteiger partial charge in [0.25, 0.3) is 5.91 Å². The Morgan fingerprint density at radius 3 is 2.56 bits per heavy atom. The Morgan fingerprint density at radius 1 is 1.24 bits per heavy atom. The van der Waals surface area contributed by atoms with Crippen LogP contribution in [0.1, 0.15) is 29.4 Å². The summed E-state index contributed by atoms with van der Waals surface area (Å²) in [6.45, 7) is 5.09. The molecule has 2 aromatic rings. The lowest BCUT2D eigenvalue weighted by Gasteiger charge is -2.37. The number of nitrogens with zero attached hydrogens (tertiary/aromatic N) is 2. The smallest absolute Gasteiger partial charge is 0.350 e. The zero-order valence-corrected chi connectivity index (χ0v) is 14.9. The number of nitrogens with one attached hydrogen (secondary N) is 1. The molecular weight excluding hydrogens is 346 g/mol. The van der Waals surface area contributed by atoms with Gasteiger partial charge >= 0.3 is 10.4 Å². The number of amides is 1. The molecule has 2 atom stereocenters. The topological polar surface area (TPSA) is 114 Å². The van der Waals surface area contributed by atoms with E-state index in [0.717, 1.165) is 42.8 Å². The molecule has 3 heterocycles. The number of carbonyl (C=O) groups is 1. The van der Waals surface area contributed by atoms with Crippen LogP contribution in [0.25, 0.3) is 10.9 Å². The minimum absolute atomic E-state index is 0.0356. The van der Waals surface area contributed by atoms with E-state index in [9.17, 15) is 4.79 Å². The molecule has 2 unspecified atom stereocenters. The van der Waals surface area contributed by atoms with Crippen LogP contribution >= 0.6 is 0 Å². The molecule has 0 radical (unpaired) electrons. The summed E-state index contributed by atoms with van der Waals surface area (Å²) in [7, 11) is -2.73. The van der Waals surface area contributed by atoms with Crippen molar-refractivity contribution in [2.24, 2.45) is 0 Å². The summed E-state index contributed by atoms with van der Waals surface area (Å²) < 4.78 is 31.6. The highest BCUT2D eigenvalue weighted by atomic mass is 32.3. The maximum atomic E-state index is 12.8. The minimum atomic E-state index is -4.67. The minimum Gasteiger partial charge on any atom is -0.350 e. The third-order valence-corrected chi connectivity index (χ3v) is 5.05. The second-order valence-corrected chi connectivity index (χ2v) is 7.69. The first-order valence-electron chi connectivity index (χ1n) is 7.88. The van der Waals surface area contributed by atoms with Gasteiger partial charge in [-0.3, -0.25) is 18.8 Å². The molecule has 9 heteroatoms. The van der Waals surface area contributed by atoms with Gasteiger partial charge in [-0.2, -0.15) is 8.42 Å². The van der Waals surface area contributed by atoms with Crippen LogP contribution in [0.5, 0.6) is 0 Å². The second-order valence-electron chi connectivity index (χ2n) is 6.79. The molecule has 3 N–H and O–H groups in total. The molecule has 1 aromatic carbocycles. The molecule has 4 rings (SSSR count). The summed E-state index contributed by atoms with van der Waals surface area (Å²) in [4.78, 5) is 20.6. The number of carbonyl (C=O) groups excluding carboxylic acids is 1. The van der Waals surface area contributed by atoms with Gasteiger partial charge in [0.15, 0.2) is 0 Å². The lowest BCUT2D eigenvalue weighted by molar-refractivity contribution is 0.0585. The lowest BCUT2D eigenvalue weighted by atomic mass is 9.97. The number of hydrogen-bond donors (Lipinski definition) is 3. The molecule has 2 aliphatic rings. The third kappa shape index (κ3) is 3.54. The fourth-order valence-electron chi connectivity index (χ4n) is 3.63. The van der Waals surface area contributed by atoms with Crippen molar-refractivity contribution < 1.29 is 22.3 Å². The molecule has 1 saturated heterocycles. The monoisotopic (exact) mass is 367 g/mol. The average Bonchev–Trinajstić information content (AvgIpc) is 3.07. The predicted molar refractivity (Wildman–Crippen MR) is 92.9 cm³/mol. The SMILES string of the molecule is CN1C(=O)c2[nH]c3ccccc3c2CN2CCC1(C)C2.O=S(=O)(O)O.